The van der Waals surface area contributed by atoms with Crippen LogP contribution in [0.4, 0.5) is 11.4 Å². The van der Waals surface area contributed by atoms with Gasteiger partial charge in [0.1, 0.15) is 5.75 Å². The van der Waals surface area contributed by atoms with Crippen LogP contribution in [0.15, 0.2) is 63.5 Å². The number of anilines is 2. The summed E-state index contributed by atoms with van der Waals surface area (Å²) in [7, 11) is 0. The number of aryl methyl sites for hydroxylation is 1. The van der Waals surface area contributed by atoms with E-state index < -0.39 is 17.7 Å². The number of rotatable bonds is 5. The lowest BCUT2D eigenvalue weighted by atomic mass is 10.1. The molecule has 0 atom stereocenters. The van der Waals surface area contributed by atoms with Gasteiger partial charge >= 0.3 is 0 Å². The minimum atomic E-state index is -0.415. The average molecular weight is 579 g/mol. The zero-order chi connectivity index (χ0) is 23.0. The fourth-order valence-corrected chi connectivity index (χ4v) is 5.14. The number of amides is 3. The molecule has 0 saturated heterocycles. The lowest BCUT2D eigenvalue weighted by molar-refractivity contribution is -0.118. The predicted molar refractivity (Wildman–Crippen MR) is 130 cm³/mol. The number of nitrogens with zero attached hydrogens (tertiary/aromatic N) is 1. The molecule has 32 heavy (non-hydrogen) atoms. The second-order valence-electron chi connectivity index (χ2n) is 7.03. The van der Waals surface area contributed by atoms with Gasteiger partial charge in [0.2, 0.25) is 0 Å². The van der Waals surface area contributed by atoms with Crippen LogP contribution in [0.2, 0.25) is 5.02 Å². The SMILES string of the molecule is Cc1cc(Br)cc(Br)c1OCC(=O)Nc1ccc(N2C(=O)c3ccccc3C2=O)cc1Cl. The first kappa shape index (κ1) is 22.5. The number of fused-ring (bicyclic) bond motifs is 1. The van der Waals surface area contributed by atoms with Crippen molar-refractivity contribution in [3.05, 3.63) is 85.3 Å². The van der Waals surface area contributed by atoms with Crippen molar-refractivity contribution in [3.63, 3.8) is 0 Å². The van der Waals surface area contributed by atoms with E-state index in [0.29, 0.717) is 28.3 Å². The molecule has 3 amide bonds. The van der Waals surface area contributed by atoms with Crippen LogP contribution in [-0.2, 0) is 4.79 Å². The number of imide groups is 1. The molecule has 9 heteroatoms. The van der Waals surface area contributed by atoms with Gasteiger partial charge in [0.15, 0.2) is 6.61 Å². The third kappa shape index (κ3) is 4.30. The highest BCUT2D eigenvalue weighted by atomic mass is 79.9. The Morgan fingerprint density at radius 3 is 2.28 bits per heavy atom. The van der Waals surface area contributed by atoms with Crippen LogP contribution in [-0.4, -0.2) is 24.3 Å². The van der Waals surface area contributed by atoms with Crippen LogP contribution in [0.25, 0.3) is 0 Å². The van der Waals surface area contributed by atoms with Crippen molar-refractivity contribution in [2.45, 2.75) is 6.92 Å². The number of nitrogens with one attached hydrogen (secondary N) is 1. The molecule has 0 saturated carbocycles. The molecule has 0 spiro atoms. The third-order valence-electron chi connectivity index (χ3n) is 4.82. The first-order chi connectivity index (χ1) is 15.3. The molecule has 0 aromatic heterocycles. The number of hydrogen-bond acceptors (Lipinski definition) is 4. The Kier molecular flexibility index (Phi) is 6.37. The molecule has 4 rings (SSSR count). The molecule has 3 aromatic carbocycles. The lowest BCUT2D eigenvalue weighted by Gasteiger charge is -2.16. The van der Waals surface area contributed by atoms with Gasteiger partial charge in [0, 0.05) is 4.47 Å². The molecule has 1 aliphatic rings. The van der Waals surface area contributed by atoms with Crippen molar-refractivity contribution in [2.24, 2.45) is 0 Å². The van der Waals surface area contributed by atoms with Gasteiger partial charge in [-0.05, 0) is 70.9 Å². The van der Waals surface area contributed by atoms with E-state index in [4.69, 9.17) is 16.3 Å². The summed E-state index contributed by atoms with van der Waals surface area (Å²) in [5.41, 5.74) is 2.22. The van der Waals surface area contributed by atoms with E-state index >= 15 is 0 Å². The molecule has 1 N–H and O–H groups in total. The Morgan fingerprint density at radius 2 is 1.69 bits per heavy atom. The summed E-state index contributed by atoms with van der Waals surface area (Å²) in [6, 6.07) is 14.9. The van der Waals surface area contributed by atoms with Crippen LogP contribution in [0.1, 0.15) is 26.3 Å². The number of carbonyl (C=O) groups is 3. The van der Waals surface area contributed by atoms with Crippen molar-refractivity contribution in [3.8, 4) is 5.75 Å². The maximum Gasteiger partial charge on any atom is 0.266 e. The van der Waals surface area contributed by atoms with E-state index in [0.717, 1.165) is 19.4 Å². The van der Waals surface area contributed by atoms with Gasteiger partial charge in [-0.3, -0.25) is 14.4 Å². The summed E-state index contributed by atoms with van der Waals surface area (Å²) < 4.78 is 7.26. The number of hydrogen-bond donors (Lipinski definition) is 1. The molecular formula is C23H15Br2ClN2O4. The summed E-state index contributed by atoms with van der Waals surface area (Å²) >= 11 is 13.1. The predicted octanol–water partition coefficient (Wildman–Crippen LogP) is 5.99. The minimum Gasteiger partial charge on any atom is -0.482 e. The van der Waals surface area contributed by atoms with Gasteiger partial charge in [-0.15, -0.1) is 0 Å². The van der Waals surface area contributed by atoms with E-state index in [1.807, 2.05) is 19.1 Å². The van der Waals surface area contributed by atoms with Gasteiger partial charge in [-0.2, -0.15) is 0 Å². The van der Waals surface area contributed by atoms with E-state index in [9.17, 15) is 14.4 Å². The van der Waals surface area contributed by atoms with Crippen LogP contribution in [0.3, 0.4) is 0 Å². The van der Waals surface area contributed by atoms with Gasteiger partial charge in [-0.1, -0.05) is 39.7 Å². The highest BCUT2D eigenvalue weighted by molar-refractivity contribution is 9.11. The van der Waals surface area contributed by atoms with Gasteiger partial charge in [0.05, 0.1) is 32.0 Å². The minimum absolute atomic E-state index is 0.188. The van der Waals surface area contributed by atoms with Crippen molar-refractivity contribution < 1.29 is 19.1 Å². The first-order valence-corrected chi connectivity index (χ1v) is 11.4. The molecular weight excluding hydrogens is 564 g/mol. The molecule has 0 unspecified atom stereocenters. The van der Waals surface area contributed by atoms with Crippen molar-refractivity contribution in [1.29, 1.82) is 0 Å². The van der Waals surface area contributed by atoms with Crippen molar-refractivity contribution >= 4 is 72.6 Å². The quantitative estimate of drug-likeness (QED) is 0.378. The maximum absolute atomic E-state index is 12.6. The Balaban J connectivity index is 1.46. The molecule has 0 bridgehead atoms. The molecule has 162 valence electrons. The summed E-state index contributed by atoms with van der Waals surface area (Å²) in [6.07, 6.45) is 0. The van der Waals surface area contributed by atoms with E-state index in [1.165, 1.54) is 6.07 Å². The average Bonchev–Trinajstić information content (AvgIpc) is 2.99. The normalized spacial score (nSPS) is 12.7. The molecule has 6 nitrogen and oxygen atoms in total. The monoisotopic (exact) mass is 576 g/mol. The Hall–Kier alpha value is -2.68. The van der Waals surface area contributed by atoms with E-state index in [2.05, 4.69) is 37.2 Å². The smallest absolute Gasteiger partial charge is 0.266 e. The number of carbonyl (C=O) groups excluding carboxylic acids is 3. The van der Waals surface area contributed by atoms with Gasteiger partial charge in [0.25, 0.3) is 17.7 Å². The summed E-state index contributed by atoms with van der Waals surface area (Å²) in [5.74, 6) is -0.672. The number of ether oxygens (including phenoxy) is 1. The summed E-state index contributed by atoms with van der Waals surface area (Å²) in [5, 5.41) is 2.87. The lowest BCUT2D eigenvalue weighted by Crippen LogP contribution is -2.29. The molecule has 0 aliphatic carbocycles. The molecule has 3 aromatic rings. The Bertz CT molecular complexity index is 1220. The molecule has 1 heterocycles. The maximum atomic E-state index is 12.6. The standard InChI is InChI=1S/C23H15Br2ClN2O4/c1-12-8-13(24)9-17(25)21(12)32-11-20(29)27-19-7-6-14(10-18(19)26)28-22(30)15-4-2-3-5-16(15)23(28)31/h2-10H,11H2,1H3,(H,27,29). The zero-order valence-electron chi connectivity index (χ0n) is 16.6. The van der Waals surface area contributed by atoms with Crippen molar-refractivity contribution in [2.75, 3.05) is 16.8 Å². The topological polar surface area (TPSA) is 75.7 Å². The number of benzene rings is 3. The fourth-order valence-electron chi connectivity index (χ4n) is 3.36. The summed E-state index contributed by atoms with van der Waals surface area (Å²) in [4.78, 5) is 38.7. The first-order valence-electron chi connectivity index (χ1n) is 9.42. The largest absolute Gasteiger partial charge is 0.482 e. The van der Waals surface area contributed by atoms with Crippen LogP contribution >= 0.6 is 43.5 Å². The second kappa shape index (κ2) is 9.05. The number of halogens is 3. The van der Waals surface area contributed by atoms with Gasteiger partial charge < -0.3 is 10.1 Å². The second-order valence-corrected chi connectivity index (χ2v) is 9.20. The molecule has 0 fully saturated rings. The third-order valence-corrected chi connectivity index (χ3v) is 6.18. The highest BCUT2D eigenvalue weighted by Crippen LogP contribution is 2.34. The van der Waals surface area contributed by atoms with Crippen LogP contribution in [0, 0.1) is 6.92 Å². The van der Waals surface area contributed by atoms with Crippen LogP contribution < -0.4 is 15.0 Å². The van der Waals surface area contributed by atoms with E-state index in [1.54, 1.807) is 36.4 Å². The Morgan fingerprint density at radius 1 is 1.03 bits per heavy atom. The van der Waals surface area contributed by atoms with Crippen LogP contribution in [0.5, 0.6) is 5.75 Å². The fraction of sp³-hybridized carbons (Fsp3) is 0.0870. The molecule has 0 radical (unpaired) electrons. The zero-order valence-corrected chi connectivity index (χ0v) is 20.5. The summed E-state index contributed by atoms with van der Waals surface area (Å²) in [6.45, 7) is 1.65. The highest BCUT2D eigenvalue weighted by Gasteiger charge is 2.36. The van der Waals surface area contributed by atoms with Crippen molar-refractivity contribution in [1.82, 2.24) is 0 Å². The Labute approximate surface area is 205 Å². The molecule has 1 aliphatic heterocycles. The van der Waals surface area contributed by atoms with Gasteiger partial charge in [-0.25, -0.2) is 4.90 Å². The van der Waals surface area contributed by atoms with E-state index in [-0.39, 0.29) is 11.6 Å².